The van der Waals surface area contributed by atoms with Crippen LogP contribution in [0.15, 0.2) is 65.1 Å². The first-order valence-corrected chi connectivity index (χ1v) is 11.0. The van der Waals surface area contributed by atoms with E-state index in [1.54, 1.807) is 24.3 Å². The Kier molecular flexibility index (Phi) is 6.46. The van der Waals surface area contributed by atoms with E-state index in [-0.39, 0.29) is 5.11 Å². The van der Waals surface area contributed by atoms with E-state index in [1.807, 2.05) is 18.2 Å². The number of nitrogens with one attached hydrogen (secondary N) is 2. The largest absolute Gasteiger partial charge is 0.436 e. The summed E-state index contributed by atoms with van der Waals surface area (Å²) in [5.74, 6) is 0.612. The number of hydrogen-bond donors (Lipinski definition) is 2. The summed E-state index contributed by atoms with van der Waals surface area (Å²) in [7, 11) is 0. The topological polar surface area (TPSA) is 67.2 Å². The zero-order valence-electron chi connectivity index (χ0n) is 17.3. The summed E-state index contributed by atoms with van der Waals surface area (Å²) in [6.45, 7) is 4.31. The van der Waals surface area contributed by atoms with Crippen LogP contribution >= 0.6 is 35.4 Å². The Morgan fingerprint density at radius 2 is 1.75 bits per heavy atom. The summed E-state index contributed by atoms with van der Waals surface area (Å²) in [4.78, 5) is 17.0. The molecular weight excluding hydrogens is 465 g/mol. The van der Waals surface area contributed by atoms with Crippen molar-refractivity contribution in [1.29, 1.82) is 0 Å². The van der Waals surface area contributed by atoms with Crippen LogP contribution in [0.2, 0.25) is 10.0 Å². The van der Waals surface area contributed by atoms with Crippen LogP contribution in [0.1, 0.15) is 35.7 Å². The monoisotopic (exact) mass is 483 g/mol. The van der Waals surface area contributed by atoms with Crippen LogP contribution < -0.4 is 10.6 Å². The molecule has 0 aliphatic heterocycles. The van der Waals surface area contributed by atoms with E-state index in [4.69, 9.17) is 39.8 Å². The number of oxazole rings is 1. The van der Waals surface area contributed by atoms with Crippen molar-refractivity contribution in [3.63, 3.8) is 0 Å². The molecule has 162 valence electrons. The van der Waals surface area contributed by atoms with Gasteiger partial charge in [0.05, 0.1) is 10.0 Å². The number of rotatable bonds is 4. The standard InChI is InChI=1S/C24H19Cl2N3O2S/c1-13(2)14-3-5-15(6-4-14)23-28-20-12-17(8-10-21(20)31-23)27-24(32)29-22(30)16-7-9-18(25)19(26)11-16/h3-13H,1-2H3,(H2,27,29,30,32). The third-order valence-corrected chi connectivity index (χ3v) is 5.82. The summed E-state index contributed by atoms with van der Waals surface area (Å²) < 4.78 is 5.89. The van der Waals surface area contributed by atoms with Gasteiger partial charge in [-0.2, -0.15) is 0 Å². The first-order valence-electron chi connectivity index (χ1n) is 9.88. The predicted octanol–water partition coefficient (Wildman–Crippen LogP) is 7.05. The molecule has 1 amide bonds. The minimum atomic E-state index is -0.393. The van der Waals surface area contributed by atoms with E-state index in [1.165, 1.54) is 11.6 Å². The number of aromatic nitrogens is 1. The van der Waals surface area contributed by atoms with Crippen molar-refractivity contribution in [1.82, 2.24) is 10.3 Å². The van der Waals surface area contributed by atoms with E-state index < -0.39 is 5.91 Å². The maximum absolute atomic E-state index is 12.4. The van der Waals surface area contributed by atoms with Gasteiger partial charge in [-0.25, -0.2) is 4.98 Å². The fourth-order valence-electron chi connectivity index (χ4n) is 3.11. The van der Waals surface area contributed by atoms with Crippen molar-refractivity contribution < 1.29 is 9.21 Å². The Labute approximate surface area is 200 Å². The van der Waals surface area contributed by atoms with Crippen LogP contribution in [0.5, 0.6) is 0 Å². The number of nitrogens with zero attached hydrogens (tertiary/aromatic N) is 1. The zero-order valence-corrected chi connectivity index (χ0v) is 19.6. The predicted molar refractivity (Wildman–Crippen MR) is 134 cm³/mol. The van der Waals surface area contributed by atoms with E-state index in [0.29, 0.717) is 44.2 Å². The number of halogens is 2. The summed E-state index contributed by atoms with van der Waals surface area (Å²) in [6.07, 6.45) is 0. The molecule has 0 aliphatic rings. The van der Waals surface area contributed by atoms with Crippen molar-refractivity contribution in [2.24, 2.45) is 0 Å². The molecule has 4 rings (SSSR count). The van der Waals surface area contributed by atoms with Crippen LogP contribution in [0.25, 0.3) is 22.6 Å². The van der Waals surface area contributed by atoms with Gasteiger partial charge in [0.25, 0.3) is 5.91 Å². The SMILES string of the molecule is CC(C)c1ccc(-c2nc3cc(NC(=S)NC(=O)c4ccc(Cl)c(Cl)c4)ccc3o2)cc1. The molecule has 3 aromatic carbocycles. The number of thiocarbonyl (C=S) groups is 1. The molecule has 1 heterocycles. The maximum Gasteiger partial charge on any atom is 0.257 e. The number of anilines is 1. The fourth-order valence-corrected chi connectivity index (χ4v) is 3.62. The fraction of sp³-hybridized carbons (Fsp3) is 0.125. The van der Waals surface area contributed by atoms with Gasteiger partial charge >= 0.3 is 0 Å². The van der Waals surface area contributed by atoms with E-state index >= 15 is 0 Å². The number of benzene rings is 3. The molecule has 1 aromatic heterocycles. The Balaban J connectivity index is 1.47. The number of fused-ring (bicyclic) bond motifs is 1. The van der Waals surface area contributed by atoms with E-state index in [9.17, 15) is 4.79 Å². The first-order chi connectivity index (χ1) is 15.3. The Bertz CT molecular complexity index is 1320. The molecule has 0 bridgehead atoms. The van der Waals surface area contributed by atoms with Gasteiger partial charge in [0.2, 0.25) is 5.89 Å². The highest BCUT2D eigenvalue weighted by molar-refractivity contribution is 7.80. The van der Waals surface area contributed by atoms with Crippen LogP contribution in [0.3, 0.4) is 0 Å². The molecule has 0 spiro atoms. The number of amides is 1. The van der Waals surface area contributed by atoms with Crippen molar-refractivity contribution in [3.8, 4) is 11.5 Å². The maximum atomic E-state index is 12.4. The third kappa shape index (κ3) is 4.93. The van der Waals surface area contributed by atoms with Crippen LogP contribution in [0.4, 0.5) is 5.69 Å². The molecule has 32 heavy (non-hydrogen) atoms. The summed E-state index contributed by atoms with van der Waals surface area (Å²) in [5, 5.41) is 6.43. The highest BCUT2D eigenvalue weighted by atomic mass is 35.5. The van der Waals surface area contributed by atoms with Crippen LogP contribution in [0, 0.1) is 0 Å². The summed E-state index contributed by atoms with van der Waals surface area (Å²) >= 11 is 17.1. The normalized spacial score (nSPS) is 11.0. The molecular formula is C24H19Cl2N3O2S. The highest BCUT2D eigenvalue weighted by Crippen LogP contribution is 2.27. The number of carbonyl (C=O) groups is 1. The summed E-state index contributed by atoms with van der Waals surface area (Å²) in [6, 6.07) is 18.2. The van der Waals surface area contributed by atoms with Crippen molar-refractivity contribution in [2.45, 2.75) is 19.8 Å². The molecule has 0 saturated heterocycles. The Hall–Kier alpha value is -2.93. The van der Waals surface area contributed by atoms with Crippen molar-refractivity contribution in [3.05, 3.63) is 81.8 Å². The molecule has 5 nitrogen and oxygen atoms in total. The average Bonchev–Trinajstić information content (AvgIpc) is 3.19. The lowest BCUT2D eigenvalue weighted by Crippen LogP contribution is -2.34. The first kappa shape index (κ1) is 22.3. The van der Waals surface area contributed by atoms with Gasteiger partial charge in [-0.3, -0.25) is 10.1 Å². The van der Waals surface area contributed by atoms with E-state index in [0.717, 1.165) is 5.56 Å². The lowest BCUT2D eigenvalue weighted by atomic mass is 10.0. The second kappa shape index (κ2) is 9.28. The molecule has 0 saturated carbocycles. The lowest BCUT2D eigenvalue weighted by Gasteiger charge is -2.10. The summed E-state index contributed by atoms with van der Waals surface area (Å²) in [5.41, 5.74) is 4.52. The molecule has 0 aliphatic carbocycles. The Morgan fingerprint density at radius 1 is 1.00 bits per heavy atom. The van der Waals surface area contributed by atoms with Gasteiger partial charge in [0.15, 0.2) is 10.7 Å². The third-order valence-electron chi connectivity index (χ3n) is 4.88. The molecule has 0 atom stereocenters. The average molecular weight is 484 g/mol. The van der Waals surface area contributed by atoms with Gasteiger partial charge in [0.1, 0.15) is 5.52 Å². The quantitative estimate of drug-likeness (QED) is 0.304. The molecule has 8 heteroatoms. The molecule has 0 radical (unpaired) electrons. The van der Waals surface area contributed by atoms with Gasteiger partial charge in [-0.15, -0.1) is 0 Å². The number of carbonyl (C=O) groups excluding carboxylic acids is 1. The Morgan fingerprint density at radius 3 is 2.44 bits per heavy atom. The molecule has 0 fully saturated rings. The highest BCUT2D eigenvalue weighted by Gasteiger charge is 2.12. The second-order valence-electron chi connectivity index (χ2n) is 7.52. The zero-order chi connectivity index (χ0) is 22.8. The van der Waals surface area contributed by atoms with Crippen molar-refractivity contribution in [2.75, 3.05) is 5.32 Å². The van der Waals surface area contributed by atoms with Gasteiger partial charge in [0, 0.05) is 16.8 Å². The van der Waals surface area contributed by atoms with Gasteiger partial charge in [-0.05, 0) is 72.2 Å². The smallest absolute Gasteiger partial charge is 0.257 e. The van der Waals surface area contributed by atoms with Crippen LogP contribution in [-0.2, 0) is 0 Å². The molecule has 4 aromatic rings. The minimum Gasteiger partial charge on any atom is -0.436 e. The van der Waals surface area contributed by atoms with Gasteiger partial charge in [-0.1, -0.05) is 49.2 Å². The van der Waals surface area contributed by atoms with Crippen molar-refractivity contribution >= 4 is 63.2 Å². The lowest BCUT2D eigenvalue weighted by molar-refractivity contribution is 0.0977. The molecule has 2 N–H and O–H groups in total. The number of hydrogen-bond acceptors (Lipinski definition) is 4. The van der Waals surface area contributed by atoms with Crippen LogP contribution in [-0.4, -0.2) is 16.0 Å². The second-order valence-corrected chi connectivity index (χ2v) is 8.74. The van der Waals surface area contributed by atoms with Gasteiger partial charge < -0.3 is 9.73 Å². The molecule has 0 unspecified atom stereocenters. The van der Waals surface area contributed by atoms with E-state index in [2.05, 4.69) is 41.6 Å². The minimum absolute atomic E-state index is 0.147.